The first-order valence-electron chi connectivity index (χ1n) is 4.47. The molecule has 2 rings (SSSR count). The fourth-order valence-corrected chi connectivity index (χ4v) is 2.00. The maximum absolute atomic E-state index is 11.3. The second-order valence-electron chi connectivity index (χ2n) is 2.75. The van der Waals surface area contributed by atoms with Crippen LogP contribution >= 0.6 is 22.9 Å². The molecule has 0 radical (unpaired) electrons. The molecule has 0 N–H and O–H groups in total. The first kappa shape index (κ1) is 11.1. The summed E-state index contributed by atoms with van der Waals surface area (Å²) in [7, 11) is 0. The molecule has 0 atom stereocenters. The lowest BCUT2D eigenvalue weighted by atomic mass is 10.5. The summed E-state index contributed by atoms with van der Waals surface area (Å²) in [4.78, 5) is 15.9. The van der Waals surface area contributed by atoms with E-state index >= 15 is 0 Å². The molecule has 0 bridgehead atoms. The molecule has 5 nitrogen and oxygen atoms in total. The van der Waals surface area contributed by atoms with Crippen molar-refractivity contribution in [2.75, 3.05) is 6.61 Å². The molecule has 0 aliphatic rings. The van der Waals surface area contributed by atoms with Crippen LogP contribution in [-0.4, -0.2) is 22.7 Å². The Balaban J connectivity index is 2.22. The second-order valence-corrected chi connectivity index (χ2v) is 4.46. The standard InChI is InChI=1S/C9H7ClN2O3S/c1-2-14-9(13)7-11-8(15-12-7)5-3-4-6(10)16-5/h3-4H,2H2,1H3. The van der Waals surface area contributed by atoms with Gasteiger partial charge in [-0.3, -0.25) is 0 Å². The van der Waals surface area contributed by atoms with Crippen molar-refractivity contribution in [2.45, 2.75) is 6.92 Å². The van der Waals surface area contributed by atoms with Crippen molar-refractivity contribution in [1.82, 2.24) is 10.1 Å². The van der Waals surface area contributed by atoms with E-state index in [1.807, 2.05) is 0 Å². The van der Waals surface area contributed by atoms with Gasteiger partial charge in [0, 0.05) is 0 Å². The SMILES string of the molecule is CCOC(=O)c1noc(-c2ccc(Cl)s2)n1. The van der Waals surface area contributed by atoms with Crippen LogP contribution in [0.4, 0.5) is 0 Å². The molecule has 2 aromatic rings. The first-order valence-corrected chi connectivity index (χ1v) is 5.66. The molecule has 0 aliphatic carbocycles. The molecule has 0 saturated heterocycles. The number of nitrogens with zero attached hydrogens (tertiary/aromatic N) is 2. The van der Waals surface area contributed by atoms with E-state index in [1.165, 1.54) is 11.3 Å². The molecule has 7 heteroatoms. The Kier molecular flexibility index (Phi) is 3.21. The van der Waals surface area contributed by atoms with E-state index in [2.05, 4.69) is 10.1 Å². The predicted octanol–water partition coefficient (Wildman–Crippen LogP) is 2.63. The number of rotatable bonds is 3. The van der Waals surface area contributed by atoms with E-state index in [0.29, 0.717) is 9.21 Å². The quantitative estimate of drug-likeness (QED) is 0.792. The average Bonchev–Trinajstić information content (AvgIpc) is 2.85. The van der Waals surface area contributed by atoms with Gasteiger partial charge in [0.25, 0.3) is 11.7 Å². The predicted molar refractivity (Wildman–Crippen MR) is 58.6 cm³/mol. The van der Waals surface area contributed by atoms with Crippen molar-refractivity contribution in [1.29, 1.82) is 0 Å². The third-order valence-corrected chi connectivity index (χ3v) is 2.89. The molecule has 0 aromatic carbocycles. The van der Waals surface area contributed by atoms with Gasteiger partial charge in [-0.2, -0.15) is 4.98 Å². The number of hydrogen-bond donors (Lipinski definition) is 0. The van der Waals surface area contributed by atoms with Gasteiger partial charge in [-0.1, -0.05) is 11.6 Å². The normalized spacial score (nSPS) is 10.4. The minimum absolute atomic E-state index is 0.0821. The highest BCUT2D eigenvalue weighted by Gasteiger charge is 2.17. The number of halogens is 1. The molecule has 84 valence electrons. The molecule has 2 heterocycles. The average molecular weight is 259 g/mol. The Hall–Kier alpha value is -1.40. The largest absolute Gasteiger partial charge is 0.460 e. The topological polar surface area (TPSA) is 65.2 Å². The molecular weight excluding hydrogens is 252 g/mol. The summed E-state index contributed by atoms with van der Waals surface area (Å²) >= 11 is 7.06. The van der Waals surface area contributed by atoms with Crippen LogP contribution in [0.15, 0.2) is 16.7 Å². The number of thiophene rings is 1. The molecule has 2 aromatic heterocycles. The van der Waals surface area contributed by atoms with E-state index in [0.717, 1.165) is 0 Å². The number of esters is 1. The Bertz CT molecular complexity index is 508. The summed E-state index contributed by atoms with van der Waals surface area (Å²) in [6.45, 7) is 1.98. The van der Waals surface area contributed by atoms with Gasteiger partial charge in [0.15, 0.2) is 0 Å². The fourth-order valence-electron chi connectivity index (χ4n) is 1.03. The van der Waals surface area contributed by atoms with E-state index in [1.54, 1.807) is 19.1 Å². The zero-order valence-electron chi connectivity index (χ0n) is 8.27. The van der Waals surface area contributed by atoms with Crippen LogP contribution in [0.2, 0.25) is 4.34 Å². The Morgan fingerprint density at radius 1 is 1.62 bits per heavy atom. The smallest absolute Gasteiger partial charge is 0.379 e. The number of hydrogen-bond acceptors (Lipinski definition) is 6. The third-order valence-electron chi connectivity index (χ3n) is 1.67. The van der Waals surface area contributed by atoms with Crippen LogP contribution in [0.5, 0.6) is 0 Å². The Labute approximate surface area is 100.0 Å². The molecule has 0 unspecified atom stereocenters. The summed E-state index contributed by atoms with van der Waals surface area (Å²) in [5.74, 6) is -0.415. The van der Waals surface area contributed by atoms with Crippen molar-refractivity contribution in [2.24, 2.45) is 0 Å². The minimum Gasteiger partial charge on any atom is -0.460 e. The van der Waals surface area contributed by atoms with E-state index < -0.39 is 5.97 Å². The van der Waals surface area contributed by atoms with Crippen molar-refractivity contribution in [3.05, 3.63) is 22.3 Å². The van der Waals surface area contributed by atoms with Gasteiger partial charge >= 0.3 is 5.97 Å². The zero-order chi connectivity index (χ0) is 11.5. The molecule has 0 saturated carbocycles. The molecular formula is C9H7ClN2O3S. The van der Waals surface area contributed by atoms with Crippen molar-refractivity contribution >= 4 is 28.9 Å². The molecule has 0 spiro atoms. The number of carbonyl (C=O) groups is 1. The lowest BCUT2D eigenvalue weighted by molar-refractivity contribution is 0.0508. The number of carbonyl (C=O) groups excluding carboxylic acids is 1. The van der Waals surface area contributed by atoms with Crippen molar-refractivity contribution in [3.8, 4) is 10.8 Å². The van der Waals surface area contributed by atoms with E-state index in [4.69, 9.17) is 20.9 Å². The minimum atomic E-state index is -0.597. The maximum Gasteiger partial charge on any atom is 0.379 e. The van der Waals surface area contributed by atoms with Crippen molar-refractivity contribution < 1.29 is 14.1 Å². The lowest BCUT2D eigenvalue weighted by Crippen LogP contribution is -2.06. The van der Waals surface area contributed by atoms with Crippen LogP contribution < -0.4 is 0 Å². The first-order chi connectivity index (χ1) is 7.70. The fraction of sp³-hybridized carbons (Fsp3) is 0.222. The highest BCUT2D eigenvalue weighted by Crippen LogP contribution is 2.29. The van der Waals surface area contributed by atoms with Crippen molar-refractivity contribution in [3.63, 3.8) is 0 Å². The summed E-state index contributed by atoms with van der Waals surface area (Å²) in [6, 6.07) is 3.46. The molecule has 16 heavy (non-hydrogen) atoms. The monoisotopic (exact) mass is 258 g/mol. The summed E-state index contributed by atoms with van der Waals surface area (Å²) < 4.78 is 10.3. The van der Waals surface area contributed by atoms with Crippen LogP contribution in [0.1, 0.15) is 17.5 Å². The molecule has 0 fully saturated rings. The molecule has 0 aliphatic heterocycles. The number of ether oxygens (including phenoxy) is 1. The Morgan fingerprint density at radius 2 is 2.44 bits per heavy atom. The van der Waals surface area contributed by atoms with Gasteiger partial charge in [0.1, 0.15) is 0 Å². The van der Waals surface area contributed by atoms with Gasteiger partial charge in [-0.25, -0.2) is 4.79 Å². The second kappa shape index (κ2) is 4.63. The summed E-state index contributed by atoms with van der Waals surface area (Å²) in [5, 5.41) is 3.52. The third kappa shape index (κ3) is 2.23. The lowest BCUT2D eigenvalue weighted by Gasteiger charge is -1.93. The van der Waals surface area contributed by atoms with Crippen LogP contribution in [0, 0.1) is 0 Å². The van der Waals surface area contributed by atoms with Crippen LogP contribution in [0.3, 0.4) is 0 Å². The zero-order valence-corrected chi connectivity index (χ0v) is 9.84. The maximum atomic E-state index is 11.3. The van der Waals surface area contributed by atoms with Gasteiger partial charge in [-0.05, 0) is 24.2 Å². The summed E-state index contributed by atoms with van der Waals surface area (Å²) in [5.41, 5.74) is 0. The van der Waals surface area contributed by atoms with Gasteiger partial charge in [0.05, 0.1) is 15.8 Å². The highest BCUT2D eigenvalue weighted by molar-refractivity contribution is 7.19. The van der Waals surface area contributed by atoms with E-state index in [-0.39, 0.29) is 18.3 Å². The van der Waals surface area contributed by atoms with E-state index in [9.17, 15) is 4.79 Å². The van der Waals surface area contributed by atoms with Gasteiger partial charge in [0.2, 0.25) is 0 Å². The highest BCUT2D eigenvalue weighted by atomic mass is 35.5. The van der Waals surface area contributed by atoms with Gasteiger partial charge < -0.3 is 9.26 Å². The van der Waals surface area contributed by atoms with Crippen LogP contribution in [0.25, 0.3) is 10.8 Å². The molecule has 0 amide bonds. The Morgan fingerprint density at radius 3 is 3.06 bits per heavy atom. The van der Waals surface area contributed by atoms with Crippen LogP contribution in [-0.2, 0) is 4.74 Å². The number of aromatic nitrogens is 2. The summed E-state index contributed by atoms with van der Waals surface area (Å²) in [6.07, 6.45) is 0. The van der Waals surface area contributed by atoms with Gasteiger partial charge in [-0.15, -0.1) is 11.3 Å².